The van der Waals surface area contributed by atoms with E-state index in [4.69, 9.17) is 9.47 Å². The maximum absolute atomic E-state index is 14.1. The third-order valence-corrected chi connectivity index (χ3v) is 8.78. The summed E-state index contributed by atoms with van der Waals surface area (Å²) in [7, 11) is 0. The van der Waals surface area contributed by atoms with Gasteiger partial charge in [-0.1, -0.05) is 20.8 Å². The third kappa shape index (κ3) is 8.89. The van der Waals surface area contributed by atoms with E-state index < -0.39 is 29.5 Å². The molecule has 0 aromatic heterocycles. The van der Waals surface area contributed by atoms with E-state index in [9.17, 15) is 23.6 Å². The van der Waals surface area contributed by atoms with Crippen molar-refractivity contribution in [2.24, 2.45) is 5.92 Å². The van der Waals surface area contributed by atoms with Crippen molar-refractivity contribution in [1.82, 2.24) is 24.9 Å². The molecular formula is C34H49FN6O6. The highest BCUT2D eigenvalue weighted by Crippen LogP contribution is 2.35. The Morgan fingerprint density at radius 1 is 1.09 bits per heavy atom. The summed E-state index contributed by atoms with van der Waals surface area (Å²) in [4.78, 5) is 59.7. The van der Waals surface area contributed by atoms with Gasteiger partial charge < -0.3 is 29.9 Å². The smallest absolute Gasteiger partial charge is 0.416 e. The summed E-state index contributed by atoms with van der Waals surface area (Å²) < 4.78 is 25.1. The zero-order chi connectivity index (χ0) is 34.5. The second-order valence-electron chi connectivity index (χ2n) is 13.1. The molecule has 2 atom stereocenters. The lowest BCUT2D eigenvalue weighted by molar-refractivity contribution is -0.126. The van der Waals surface area contributed by atoms with Gasteiger partial charge in [0.15, 0.2) is 0 Å². The average Bonchev–Trinajstić information content (AvgIpc) is 3.47. The van der Waals surface area contributed by atoms with Crippen LogP contribution >= 0.6 is 0 Å². The SMILES string of the molecule is CCN(CC)CCN(C(=O)OCCN1CCN(C(=O)OC(C)(C)C)CC1)C(=O)C1=C(C)NC(/C=C2\C(=O)Nc3ccc(F)cc32)C1C. The predicted molar refractivity (Wildman–Crippen MR) is 177 cm³/mol. The molecule has 12 nitrogen and oxygen atoms in total. The monoisotopic (exact) mass is 656 g/mol. The molecule has 1 aromatic rings. The van der Waals surface area contributed by atoms with E-state index in [0.29, 0.717) is 67.4 Å². The number of carbonyl (C=O) groups is 4. The Morgan fingerprint density at radius 2 is 1.77 bits per heavy atom. The van der Waals surface area contributed by atoms with Crippen LogP contribution < -0.4 is 10.6 Å². The quantitative estimate of drug-likeness (QED) is 0.361. The van der Waals surface area contributed by atoms with Gasteiger partial charge in [-0.05, 0) is 65.1 Å². The maximum atomic E-state index is 14.1. The molecule has 4 amide bonds. The molecule has 4 rings (SSSR count). The van der Waals surface area contributed by atoms with Gasteiger partial charge in [-0.2, -0.15) is 0 Å². The molecule has 1 aromatic carbocycles. The number of carbonyl (C=O) groups excluding carboxylic acids is 4. The molecule has 3 aliphatic heterocycles. The summed E-state index contributed by atoms with van der Waals surface area (Å²) in [5.74, 6) is -1.62. The van der Waals surface area contributed by atoms with Crippen LogP contribution in [0.5, 0.6) is 0 Å². The highest BCUT2D eigenvalue weighted by Gasteiger charge is 2.38. The number of nitrogens with zero attached hydrogens (tertiary/aromatic N) is 4. The van der Waals surface area contributed by atoms with Crippen molar-refractivity contribution in [1.29, 1.82) is 0 Å². The number of nitrogens with one attached hydrogen (secondary N) is 2. The number of likely N-dealkylation sites (N-methyl/N-ethyl adjacent to an activating group) is 1. The fourth-order valence-corrected chi connectivity index (χ4v) is 6.04. The molecule has 3 heterocycles. The van der Waals surface area contributed by atoms with Crippen molar-refractivity contribution in [3.05, 3.63) is 46.9 Å². The Kier molecular flexibility index (Phi) is 11.7. The first kappa shape index (κ1) is 35.9. The van der Waals surface area contributed by atoms with Gasteiger partial charge in [0.1, 0.15) is 18.0 Å². The van der Waals surface area contributed by atoms with Crippen LogP contribution in [0.3, 0.4) is 0 Å². The van der Waals surface area contributed by atoms with Crippen LogP contribution in [0.15, 0.2) is 35.5 Å². The zero-order valence-electron chi connectivity index (χ0n) is 28.7. The highest BCUT2D eigenvalue weighted by molar-refractivity contribution is 6.31. The van der Waals surface area contributed by atoms with Gasteiger partial charge in [0.05, 0.1) is 6.04 Å². The number of rotatable bonds is 10. The zero-order valence-corrected chi connectivity index (χ0v) is 28.7. The van der Waals surface area contributed by atoms with Crippen LogP contribution in [0.1, 0.15) is 54.0 Å². The van der Waals surface area contributed by atoms with Crippen LogP contribution in [0.2, 0.25) is 0 Å². The van der Waals surface area contributed by atoms with E-state index in [1.807, 2.05) is 41.5 Å². The first-order valence-electron chi connectivity index (χ1n) is 16.4. The summed E-state index contributed by atoms with van der Waals surface area (Å²) in [6.07, 6.45) is 0.661. The standard InChI is InChI=1S/C34H49FN6O6/c1-8-38(9-2)14-17-41(33(45)46-19-18-39-12-15-40(16-13-39)32(44)47-34(5,6)7)31(43)29-22(3)28(36-23(29)4)21-26-25-20-24(35)10-11-27(25)37-30(26)42/h10-11,20-22,28,36H,8-9,12-19H2,1-7H3,(H,37,42)/b26-21-. The van der Waals surface area contributed by atoms with Crippen molar-refractivity contribution in [3.8, 4) is 0 Å². The molecule has 0 spiro atoms. The topological polar surface area (TPSA) is 124 Å². The Hall–Kier alpha value is -3.97. The number of imide groups is 1. The summed E-state index contributed by atoms with van der Waals surface area (Å²) in [6.45, 7) is 18.2. The van der Waals surface area contributed by atoms with Gasteiger partial charge in [0, 0.05) is 79.8 Å². The lowest BCUT2D eigenvalue weighted by atomic mass is 9.92. The molecule has 47 heavy (non-hydrogen) atoms. The van der Waals surface area contributed by atoms with Crippen LogP contribution in [0.4, 0.5) is 19.7 Å². The van der Waals surface area contributed by atoms with Gasteiger partial charge in [-0.3, -0.25) is 14.5 Å². The number of amides is 4. The minimum absolute atomic E-state index is 0.0892. The summed E-state index contributed by atoms with van der Waals surface area (Å²) >= 11 is 0. The Bertz CT molecular complexity index is 1410. The molecule has 1 fully saturated rings. The average molecular weight is 657 g/mol. The van der Waals surface area contributed by atoms with Crippen molar-refractivity contribution in [2.75, 3.05) is 70.8 Å². The van der Waals surface area contributed by atoms with E-state index in [1.54, 1.807) is 17.9 Å². The Morgan fingerprint density at radius 3 is 2.40 bits per heavy atom. The molecule has 0 aliphatic carbocycles. The van der Waals surface area contributed by atoms with Gasteiger partial charge >= 0.3 is 12.2 Å². The molecule has 0 saturated carbocycles. The number of hydrogen-bond donors (Lipinski definition) is 2. The number of piperazine rings is 1. The maximum Gasteiger partial charge on any atom is 0.416 e. The van der Waals surface area contributed by atoms with E-state index in [0.717, 1.165) is 18.0 Å². The summed E-state index contributed by atoms with van der Waals surface area (Å²) in [5, 5.41) is 6.05. The molecule has 2 unspecified atom stereocenters. The molecule has 258 valence electrons. The van der Waals surface area contributed by atoms with Crippen LogP contribution in [0.25, 0.3) is 5.57 Å². The first-order chi connectivity index (χ1) is 22.2. The predicted octanol–water partition coefficient (Wildman–Crippen LogP) is 3.90. The Labute approximate surface area is 276 Å². The number of hydrogen-bond acceptors (Lipinski definition) is 9. The van der Waals surface area contributed by atoms with E-state index in [-0.39, 0.29) is 31.1 Å². The number of ether oxygens (including phenoxy) is 2. The summed E-state index contributed by atoms with van der Waals surface area (Å²) in [5.41, 5.74) is 1.80. The number of anilines is 1. The van der Waals surface area contributed by atoms with Crippen molar-refractivity contribution in [2.45, 2.75) is 60.1 Å². The normalized spacial score (nSPS) is 20.7. The number of benzene rings is 1. The van der Waals surface area contributed by atoms with Gasteiger partial charge in [-0.15, -0.1) is 0 Å². The molecule has 3 aliphatic rings. The van der Waals surface area contributed by atoms with Crippen molar-refractivity contribution >= 4 is 35.3 Å². The van der Waals surface area contributed by atoms with Gasteiger partial charge in [0.2, 0.25) is 0 Å². The number of halogens is 1. The van der Waals surface area contributed by atoms with E-state index in [1.165, 1.54) is 18.2 Å². The van der Waals surface area contributed by atoms with Gasteiger partial charge in [-0.25, -0.2) is 18.9 Å². The molecule has 0 bridgehead atoms. The fourth-order valence-electron chi connectivity index (χ4n) is 6.04. The van der Waals surface area contributed by atoms with Crippen LogP contribution in [-0.2, 0) is 19.1 Å². The minimum atomic E-state index is -0.719. The van der Waals surface area contributed by atoms with Crippen molar-refractivity contribution < 1.29 is 33.0 Å². The fraction of sp³-hybridized carbons (Fsp3) is 0.588. The molecule has 1 saturated heterocycles. The highest BCUT2D eigenvalue weighted by atomic mass is 19.1. The van der Waals surface area contributed by atoms with E-state index >= 15 is 0 Å². The second kappa shape index (κ2) is 15.3. The largest absolute Gasteiger partial charge is 0.448 e. The van der Waals surface area contributed by atoms with E-state index in [2.05, 4.69) is 20.4 Å². The molecule has 13 heteroatoms. The first-order valence-corrected chi connectivity index (χ1v) is 16.4. The summed E-state index contributed by atoms with van der Waals surface area (Å²) in [6, 6.07) is 3.71. The third-order valence-electron chi connectivity index (χ3n) is 8.78. The Balaban J connectivity index is 1.40. The van der Waals surface area contributed by atoms with Gasteiger partial charge in [0.25, 0.3) is 11.8 Å². The van der Waals surface area contributed by atoms with Crippen LogP contribution in [0, 0.1) is 11.7 Å². The number of allylic oxidation sites excluding steroid dienone is 1. The van der Waals surface area contributed by atoms with Crippen molar-refractivity contribution in [3.63, 3.8) is 0 Å². The molecular weight excluding hydrogens is 607 g/mol. The lowest BCUT2D eigenvalue weighted by Crippen LogP contribution is -2.51. The molecule has 0 radical (unpaired) electrons. The van der Waals surface area contributed by atoms with Crippen LogP contribution in [-0.4, -0.2) is 121 Å². The molecule has 2 N–H and O–H groups in total. The lowest BCUT2D eigenvalue weighted by Gasteiger charge is -2.35. The second-order valence-corrected chi connectivity index (χ2v) is 13.1. The minimum Gasteiger partial charge on any atom is -0.448 e. The number of fused-ring (bicyclic) bond motifs is 1.